The molecule has 3 aromatic rings. The van der Waals surface area contributed by atoms with E-state index in [1.54, 1.807) is 17.7 Å². The number of aliphatic hydroxyl groups is 1. The van der Waals surface area contributed by atoms with Crippen molar-refractivity contribution in [3.63, 3.8) is 0 Å². The van der Waals surface area contributed by atoms with Gasteiger partial charge < -0.3 is 15.3 Å². The topological polar surface area (TPSA) is 113 Å². The number of nitrogens with one attached hydrogen (secondary N) is 1. The van der Waals surface area contributed by atoms with Gasteiger partial charge in [0.25, 0.3) is 5.56 Å². The number of Topliss-reactive ketones (excluding diaryl/α,β-unsaturated/α-hetero) is 1. The number of anilines is 3. The fourth-order valence-corrected chi connectivity index (χ4v) is 5.44. The van der Waals surface area contributed by atoms with Gasteiger partial charge in [0, 0.05) is 37.3 Å². The summed E-state index contributed by atoms with van der Waals surface area (Å²) in [6.45, 7) is 5.31. The Labute approximate surface area is 204 Å². The Morgan fingerprint density at radius 3 is 2.49 bits per heavy atom. The van der Waals surface area contributed by atoms with Crippen molar-refractivity contribution in [3.8, 4) is 0 Å². The number of aromatic nitrogens is 4. The molecule has 2 N–H and O–H groups in total. The number of hydrogen-bond donors (Lipinski definition) is 2. The van der Waals surface area contributed by atoms with Crippen molar-refractivity contribution in [2.45, 2.75) is 58.4 Å². The second-order valence-electron chi connectivity index (χ2n) is 9.74. The smallest absolute Gasteiger partial charge is 0.263 e. The summed E-state index contributed by atoms with van der Waals surface area (Å²) >= 11 is 0. The van der Waals surface area contributed by atoms with Crippen molar-refractivity contribution in [1.82, 2.24) is 19.5 Å². The van der Waals surface area contributed by atoms with Gasteiger partial charge in [-0.15, -0.1) is 0 Å². The van der Waals surface area contributed by atoms with E-state index in [-0.39, 0.29) is 29.6 Å². The number of rotatable bonds is 6. The van der Waals surface area contributed by atoms with Crippen LogP contribution in [-0.2, 0) is 0 Å². The van der Waals surface area contributed by atoms with Crippen LogP contribution in [0.15, 0.2) is 29.3 Å². The molecule has 0 amide bonds. The zero-order valence-corrected chi connectivity index (χ0v) is 20.3. The van der Waals surface area contributed by atoms with Crippen LogP contribution in [0.3, 0.4) is 0 Å². The van der Waals surface area contributed by atoms with E-state index in [1.165, 1.54) is 6.92 Å². The van der Waals surface area contributed by atoms with Crippen molar-refractivity contribution in [2.75, 3.05) is 29.9 Å². The summed E-state index contributed by atoms with van der Waals surface area (Å²) in [6, 6.07) is 3.96. The maximum atomic E-state index is 13.4. The molecule has 184 valence electrons. The van der Waals surface area contributed by atoms with Crippen molar-refractivity contribution < 1.29 is 9.90 Å². The van der Waals surface area contributed by atoms with Crippen LogP contribution in [0.2, 0.25) is 0 Å². The Morgan fingerprint density at radius 1 is 1.11 bits per heavy atom. The SMILES string of the molecule is CC(=O)c1c(C)c2cnc(Nc3ccc(N4CCC(CO)CC4)cn3)nc2n(C2CCCC2)c1=O. The highest BCUT2D eigenvalue weighted by Crippen LogP contribution is 2.32. The van der Waals surface area contributed by atoms with E-state index in [2.05, 4.69) is 20.2 Å². The largest absolute Gasteiger partial charge is 0.396 e. The molecule has 0 unspecified atom stereocenters. The second-order valence-corrected chi connectivity index (χ2v) is 9.74. The van der Waals surface area contributed by atoms with Gasteiger partial charge in [0.1, 0.15) is 11.5 Å². The van der Waals surface area contributed by atoms with Gasteiger partial charge in [-0.25, -0.2) is 9.97 Å². The summed E-state index contributed by atoms with van der Waals surface area (Å²) in [6.07, 6.45) is 9.42. The molecule has 5 rings (SSSR count). The first-order valence-corrected chi connectivity index (χ1v) is 12.5. The van der Waals surface area contributed by atoms with Crippen LogP contribution in [0, 0.1) is 12.8 Å². The lowest BCUT2D eigenvalue weighted by molar-refractivity contribution is 0.101. The first kappa shape index (κ1) is 23.4. The lowest BCUT2D eigenvalue weighted by Crippen LogP contribution is -2.34. The molecule has 9 nitrogen and oxygen atoms in total. The number of piperidine rings is 1. The number of aryl methyl sites for hydroxylation is 1. The molecule has 1 aliphatic carbocycles. The first-order valence-electron chi connectivity index (χ1n) is 12.5. The van der Waals surface area contributed by atoms with Crippen LogP contribution >= 0.6 is 0 Å². The number of fused-ring (bicyclic) bond motifs is 1. The Morgan fingerprint density at radius 2 is 1.86 bits per heavy atom. The van der Waals surface area contributed by atoms with Crippen molar-refractivity contribution in [1.29, 1.82) is 0 Å². The molecular formula is C26H32N6O3. The van der Waals surface area contributed by atoms with E-state index >= 15 is 0 Å². The maximum absolute atomic E-state index is 13.4. The quantitative estimate of drug-likeness (QED) is 0.517. The predicted molar refractivity (Wildman–Crippen MR) is 136 cm³/mol. The number of nitrogens with zero attached hydrogens (tertiary/aromatic N) is 5. The molecule has 0 radical (unpaired) electrons. The van der Waals surface area contributed by atoms with Crippen LogP contribution in [0.25, 0.3) is 11.0 Å². The molecular weight excluding hydrogens is 444 g/mol. The summed E-state index contributed by atoms with van der Waals surface area (Å²) < 4.78 is 1.71. The summed E-state index contributed by atoms with van der Waals surface area (Å²) in [4.78, 5) is 41.7. The Hall–Kier alpha value is -3.33. The molecule has 2 fully saturated rings. The average molecular weight is 477 g/mol. The van der Waals surface area contributed by atoms with Crippen molar-refractivity contribution in [3.05, 3.63) is 46.0 Å². The number of ketones is 1. The fraction of sp³-hybridized carbons (Fsp3) is 0.500. The lowest BCUT2D eigenvalue weighted by Gasteiger charge is -2.32. The van der Waals surface area contributed by atoms with Crippen LogP contribution < -0.4 is 15.8 Å². The minimum atomic E-state index is -0.258. The third-order valence-corrected chi connectivity index (χ3v) is 7.48. The maximum Gasteiger partial charge on any atom is 0.263 e. The molecule has 0 atom stereocenters. The van der Waals surface area contributed by atoms with Gasteiger partial charge in [-0.3, -0.25) is 14.2 Å². The molecule has 9 heteroatoms. The molecule has 1 aliphatic heterocycles. The predicted octanol–water partition coefficient (Wildman–Crippen LogP) is 3.76. The summed E-state index contributed by atoms with van der Waals surface area (Å²) in [5.41, 5.74) is 2.21. The minimum absolute atomic E-state index is 0.0406. The van der Waals surface area contributed by atoms with E-state index in [0.717, 1.165) is 62.7 Å². The van der Waals surface area contributed by atoms with E-state index in [4.69, 9.17) is 4.98 Å². The van der Waals surface area contributed by atoms with Gasteiger partial charge >= 0.3 is 0 Å². The molecule has 2 aliphatic rings. The molecule has 35 heavy (non-hydrogen) atoms. The number of aliphatic hydroxyl groups excluding tert-OH is 1. The van der Waals surface area contributed by atoms with Crippen molar-refractivity contribution >= 4 is 34.3 Å². The molecule has 1 saturated heterocycles. The molecule has 4 heterocycles. The van der Waals surface area contributed by atoms with E-state index < -0.39 is 0 Å². The standard InChI is InChI=1S/C26H32N6O3/c1-16-21-14-28-26(29-22-8-7-20(13-27-22)31-11-9-18(15-33)10-12-31)30-24(21)32(19-5-3-4-6-19)25(35)23(16)17(2)34/h7-8,13-14,18-19,33H,3-6,9-12,15H2,1-2H3,(H,27,28,29,30). The second kappa shape index (κ2) is 9.73. The Kier molecular flexibility index (Phi) is 6.51. The molecule has 1 saturated carbocycles. The van der Waals surface area contributed by atoms with Crippen LogP contribution in [0.5, 0.6) is 0 Å². The highest BCUT2D eigenvalue weighted by molar-refractivity contribution is 5.99. The third-order valence-electron chi connectivity index (χ3n) is 7.48. The van der Waals surface area contributed by atoms with Crippen LogP contribution in [-0.4, -0.2) is 50.1 Å². The molecule has 0 spiro atoms. The number of hydrogen-bond acceptors (Lipinski definition) is 8. The van der Waals surface area contributed by atoms with Crippen molar-refractivity contribution in [2.24, 2.45) is 5.92 Å². The zero-order valence-electron chi connectivity index (χ0n) is 20.3. The lowest BCUT2D eigenvalue weighted by atomic mass is 9.98. The highest BCUT2D eigenvalue weighted by atomic mass is 16.3. The molecule has 0 aromatic carbocycles. The normalized spacial score (nSPS) is 17.3. The van der Waals surface area contributed by atoms with Gasteiger partial charge in [-0.2, -0.15) is 4.98 Å². The van der Waals surface area contributed by atoms with Gasteiger partial charge in [0.2, 0.25) is 5.95 Å². The minimum Gasteiger partial charge on any atom is -0.396 e. The van der Waals surface area contributed by atoms with E-state index in [1.807, 2.05) is 18.3 Å². The highest BCUT2D eigenvalue weighted by Gasteiger charge is 2.26. The average Bonchev–Trinajstić information content (AvgIpc) is 3.39. The van der Waals surface area contributed by atoms with Gasteiger partial charge in [-0.05, 0) is 63.1 Å². The molecule has 0 bridgehead atoms. The summed E-state index contributed by atoms with van der Waals surface area (Å²) in [7, 11) is 0. The Balaban J connectivity index is 1.44. The summed E-state index contributed by atoms with van der Waals surface area (Å²) in [5, 5.41) is 13.2. The van der Waals surface area contributed by atoms with Gasteiger partial charge in [0.05, 0.1) is 17.4 Å². The monoisotopic (exact) mass is 476 g/mol. The number of carbonyl (C=O) groups is 1. The first-order chi connectivity index (χ1) is 17.0. The number of pyridine rings is 2. The fourth-order valence-electron chi connectivity index (χ4n) is 5.44. The third kappa shape index (κ3) is 4.52. The Bertz CT molecular complexity index is 1290. The van der Waals surface area contributed by atoms with E-state index in [0.29, 0.717) is 28.9 Å². The van der Waals surface area contributed by atoms with Gasteiger partial charge in [0.15, 0.2) is 5.78 Å². The van der Waals surface area contributed by atoms with E-state index in [9.17, 15) is 14.7 Å². The summed E-state index contributed by atoms with van der Waals surface area (Å²) in [5.74, 6) is 1.14. The van der Waals surface area contributed by atoms with Crippen LogP contribution in [0.1, 0.15) is 67.4 Å². The molecule has 3 aromatic heterocycles. The van der Waals surface area contributed by atoms with Gasteiger partial charge in [-0.1, -0.05) is 12.8 Å². The zero-order chi connectivity index (χ0) is 24.5. The van der Waals surface area contributed by atoms with Crippen LogP contribution in [0.4, 0.5) is 17.5 Å². The number of carbonyl (C=O) groups excluding carboxylic acids is 1.